The molecule has 1 rings (SSSR count). The summed E-state index contributed by atoms with van der Waals surface area (Å²) in [6, 6.07) is 0. The van der Waals surface area contributed by atoms with Crippen LogP contribution in [-0.4, -0.2) is 24.0 Å². The molecule has 6 heteroatoms. The average Bonchev–Trinajstić information content (AvgIpc) is 2.26. The number of esters is 1. The molecule has 0 radical (unpaired) electrons. The van der Waals surface area contributed by atoms with Gasteiger partial charge in [0.15, 0.2) is 6.10 Å². The van der Waals surface area contributed by atoms with Crippen molar-refractivity contribution in [3.63, 3.8) is 0 Å². The molecule has 0 spiro atoms. The van der Waals surface area contributed by atoms with Gasteiger partial charge >= 0.3 is 11.9 Å². The van der Waals surface area contributed by atoms with Crippen LogP contribution in [0.5, 0.6) is 0 Å². The second-order valence-electron chi connectivity index (χ2n) is 4.34. The fourth-order valence-electron chi connectivity index (χ4n) is 2.20. The van der Waals surface area contributed by atoms with Crippen molar-refractivity contribution in [3.8, 4) is 0 Å². The van der Waals surface area contributed by atoms with E-state index in [0.29, 0.717) is 12.8 Å². The Hall–Kier alpha value is -1.20. The van der Waals surface area contributed by atoms with Crippen LogP contribution in [0, 0.1) is 5.92 Å². The summed E-state index contributed by atoms with van der Waals surface area (Å²) in [5.41, 5.74) is 0. The molecule has 0 heterocycles. The van der Waals surface area contributed by atoms with Gasteiger partial charge in [-0.15, -0.1) is 0 Å². The Bertz CT molecular complexity index is 298. The molecule has 1 saturated carbocycles. The molecule has 0 aromatic rings. The first-order valence-corrected chi connectivity index (χ1v) is 5.62. The molecule has 0 saturated heterocycles. The molecule has 0 aromatic heterocycles. The zero-order chi connectivity index (χ0) is 13.1. The van der Waals surface area contributed by atoms with Gasteiger partial charge in [-0.05, 0) is 12.8 Å². The van der Waals surface area contributed by atoms with Crippen molar-refractivity contribution >= 4 is 11.9 Å². The van der Waals surface area contributed by atoms with Crippen LogP contribution in [0.15, 0.2) is 0 Å². The summed E-state index contributed by atoms with van der Waals surface area (Å²) in [5.74, 6) is -8.13. The molecular formula is C11H15F2O4-. The second kappa shape index (κ2) is 5.42. The van der Waals surface area contributed by atoms with E-state index in [4.69, 9.17) is 0 Å². The van der Waals surface area contributed by atoms with Gasteiger partial charge in [0.25, 0.3) is 0 Å². The van der Waals surface area contributed by atoms with Crippen molar-refractivity contribution in [2.75, 3.05) is 0 Å². The molecule has 1 atom stereocenters. The summed E-state index contributed by atoms with van der Waals surface area (Å²) < 4.78 is 31.3. The quantitative estimate of drug-likeness (QED) is 0.694. The summed E-state index contributed by atoms with van der Waals surface area (Å²) in [4.78, 5) is 21.2. The van der Waals surface area contributed by atoms with Gasteiger partial charge in [-0.1, -0.05) is 19.3 Å². The molecule has 1 aliphatic rings. The van der Waals surface area contributed by atoms with Crippen LogP contribution >= 0.6 is 0 Å². The van der Waals surface area contributed by atoms with Crippen LogP contribution in [0.2, 0.25) is 0 Å². The molecule has 17 heavy (non-hydrogen) atoms. The average molecular weight is 249 g/mol. The van der Waals surface area contributed by atoms with E-state index in [1.807, 2.05) is 0 Å². The third-order valence-corrected chi connectivity index (χ3v) is 3.00. The van der Waals surface area contributed by atoms with E-state index in [-0.39, 0.29) is 0 Å². The second-order valence-corrected chi connectivity index (χ2v) is 4.34. The number of carboxylic acid groups (broad SMARTS) is 1. The number of carbonyl (C=O) groups is 2. The Labute approximate surface area is 97.9 Å². The summed E-state index contributed by atoms with van der Waals surface area (Å²) in [5, 5.41) is 10.4. The van der Waals surface area contributed by atoms with E-state index < -0.39 is 29.9 Å². The number of halogens is 2. The fraction of sp³-hybridized carbons (Fsp3) is 0.818. The zero-order valence-electron chi connectivity index (χ0n) is 9.58. The number of carbonyl (C=O) groups excluding carboxylic acids is 2. The molecule has 1 aliphatic carbocycles. The molecular weight excluding hydrogens is 234 g/mol. The fourth-order valence-corrected chi connectivity index (χ4v) is 2.20. The van der Waals surface area contributed by atoms with Gasteiger partial charge in [0.1, 0.15) is 5.97 Å². The monoisotopic (exact) mass is 249 g/mol. The third-order valence-electron chi connectivity index (χ3n) is 3.00. The number of rotatable bonds is 4. The Balaban J connectivity index is 2.85. The minimum atomic E-state index is -4.13. The molecule has 0 aromatic carbocycles. The van der Waals surface area contributed by atoms with Crippen molar-refractivity contribution in [2.45, 2.75) is 51.1 Å². The summed E-state index contributed by atoms with van der Waals surface area (Å²) >= 11 is 0. The van der Waals surface area contributed by atoms with Crippen LogP contribution in [0.3, 0.4) is 0 Å². The van der Waals surface area contributed by atoms with E-state index in [9.17, 15) is 23.5 Å². The van der Waals surface area contributed by atoms with E-state index in [1.165, 1.54) is 0 Å². The van der Waals surface area contributed by atoms with Crippen LogP contribution in [0.4, 0.5) is 8.78 Å². The van der Waals surface area contributed by atoms with Crippen LogP contribution in [-0.2, 0) is 14.3 Å². The smallest absolute Gasteiger partial charge is 0.323 e. The van der Waals surface area contributed by atoms with Crippen molar-refractivity contribution in [2.24, 2.45) is 5.92 Å². The molecule has 1 fully saturated rings. The maximum absolute atomic E-state index is 13.4. The summed E-state index contributed by atoms with van der Waals surface area (Å²) in [6.07, 6.45) is 1.39. The highest BCUT2D eigenvalue weighted by Gasteiger charge is 2.48. The minimum absolute atomic E-state index is 0.445. The molecule has 0 N–H and O–H groups in total. The maximum atomic E-state index is 13.4. The normalized spacial score (nSPS) is 19.7. The van der Waals surface area contributed by atoms with Gasteiger partial charge in [-0.3, -0.25) is 4.79 Å². The third kappa shape index (κ3) is 3.38. The molecule has 4 nitrogen and oxygen atoms in total. The number of alkyl halides is 2. The highest BCUT2D eigenvalue weighted by Crippen LogP contribution is 2.35. The van der Waals surface area contributed by atoms with Gasteiger partial charge in [-0.25, -0.2) is 0 Å². The van der Waals surface area contributed by atoms with E-state index in [0.717, 1.165) is 26.2 Å². The number of ether oxygens (including phenoxy) is 1. The number of hydrogen-bond donors (Lipinski definition) is 0. The summed E-state index contributed by atoms with van der Waals surface area (Å²) in [7, 11) is 0. The first kappa shape index (κ1) is 13.9. The van der Waals surface area contributed by atoms with E-state index in [2.05, 4.69) is 4.74 Å². The first-order chi connectivity index (χ1) is 7.85. The number of hydrogen-bond acceptors (Lipinski definition) is 4. The van der Waals surface area contributed by atoms with Gasteiger partial charge in [0.05, 0.1) is 0 Å². The SMILES string of the molecule is CC(=O)OC(C1CCCCC1)C(F)(F)C(=O)[O-]. The Morgan fingerprint density at radius 2 is 1.82 bits per heavy atom. The molecule has 0 aliphatic heterocycles. The summed E-state index contributed by atoms with van der Waals surface area (Å²) in [6.45, 7) is 0.987. The van der Waals surface area contributed by atoms with Gasteiger partial charge in [0.2, 0.25) is 0 Å². The van der Waals surface area contributed by atoms with Crippen molar-refractivity contribution in [1.82, 2.24) is 0 Å². The van der Waals surface area contributed by atoms with E-state index in [1.54, 1.807) is 0 Å². The highest BCUT2D eigenvalue weighted by molar-refractivity contribution is 5.75. The lowest BCUT2D eigenvalue weighted by molar-refractivity contribution is -0.338. The largest absolute Gasteiger partial charge is 0.544 e. The molecule has 0 bridgehead atoms. The Morgan fingerprint density at radius 3 is 2.24 bits per heavy atom. The molecule has 1 unspecified atom stereocenters. The lowest BCUT2D eigenvalue weighted by Crippen LogP contribution is -2.54. The topological polar surface area (TPSA) is 66.4 Å². The maximum Gasteiger partial charge on any atom is 0.323 e. The van der Waals surface area contributed by atoms with Crippen molar-refractivity contribution < 1.29 is 28.2 Å². The van der Waals surface area contributed by atoms with Crippen LogP contribution in [0.1, 0.15) is 39.0 Å². The minimum Gasteiger partial charge on any atom is -0.544 e. The van der Waals surface area contributed by atoms with Crippen molar-refractivity contribution in [3.05, 3.63) is 0 Å². The molecule has 98 valence electrons. The van der Waals surface area contributed by atoms with Gasteiger partial charge in [0, 0.05) is 12.8 Å². The van der Waals surface area contributed by atoms with Crippen molar-refractivity contribution in [1.29, 1.82) is 0 Å². The van der Waals surface area contributed by atoms with Crippen LogP contribution in [0.25, 0.3) is 0 Å². The Kier molecular flexibility index (Phi) is 4.42. The van der Waals surface area contributed by atoms with Gasteiger partial charge < -0.3 is 14.6 Å². The number of carboxylic acids is 1. The standard InChI is InChI=1S/C11H16F2O4/c1-7(14)17-9(11(12,13)10(15)16)8-5-3-2-4-6-8/h8-9H,2-6H2,1H3,(H,15,16)/p-1. The Morgan fingerprint density at radius 1 is 1.29 bits per heavy atom. The number of aliphatic carboxylic acids is 1. The van der Waals surface area contributed by atoms with Gasteiger partial charge in [-0.2, -0.15) is 8.78 Å². The first-order valence-electron chi connectivity index (χ1n) is 5.62. The predicted octanol–water partition coefficient (Wildman–Crippen LogP) is 0.884. The highest BCUT2D eigenvalue weighted by atomic mass is 19.3. The lowest BCUT2D eigenvalue weighted by Gasteiger charge is -2.35. The predicted molar refractivity (Wildman–Crippen MR) is 52.1 cm³/mol. The van der Waals surface area contributed by atoms with E-state index >= 15 is 0 Å². The lowest BCUT2D eigenvalue weighted by atomic mass is 9.83. The zero-order valence-corrected chi connectivity index (χ0v) is 9.58. The molecule has 0 amide bonds. The van der Waals surface area contributed by atoms with Crippen LogP contribution < -0.4 is 5.11 Å².